The van der Waals surface area contributed by atoms with Gasteiger partial charge in [-0.3, -0.25) is 14.8 Å². The third-order valence-corrected chi connectivity index (χ3v) is 5.93. The molecule has 1 fully saturated rings. The average molecular weight is 449 g/mol. The molecule has 0 radical (unpaired) electrons. The topological polar surface area (TPSA) is 74.2 Å². The van der Waals surface area contributed by atoms with Crippen LogP contribution in [0.1, 0.15) is 36.6 Å². The Labute approximate surface area is 193 Å². The van der Waals surface area contributed by atoms with Gasteiger partial charge >= 0.3 is 0 Å². The van der Waals surface area contributed by atoms with Gasteiger partial charge < -0.3 is 15.1 Å². The van der Waals surface area contributed by atoms with Gasteiger partial charge in [0.05, 0.1) is 11.9 Å². The van der Waals surface area contributed by atoms with E-state index in [0.717, 1.165) is 36.5 Å². The van der Waals surface area contributed by atoms with Gasteiger partial charge in [0.1, 0.15) is 11.6 Å². The average Bonchev–Trinajstić information content (AvgIpc) is 2.83. The quantitative estimate of drug-likeness (QED) is 0.581. The highest BCUT2D eigenvalue weighted by atomic mass is 19.1. The largest absolute Gasteiger partial charge is 0.372 e. The molecule has 4 rings (SSSR count). The standard InChI is InChI=1S/C25H29FN6O/c1-18-14-20(30-24-16-27-10-11-28-24)15-22(29-18)19-6-5-12-32(17-19)25(33)9-13-31(2)23-8-4-3-7-21(23)26/h3-4,7-8,10-11,14-16,19H,5-6,9,12-13,17H2,1-2H3,(H,28,29,30). The molecular formula is C25H29FN6O. The molecule has 1 N–H and O–H groups in total. The van der Waals surface area contributed by atoms with E-state index in [0.29, 0.717) is 31.0 Å². The number of halogens is 1. The number of hydrogen-bond acceptors (Lipinski definition) is 6. The van der Waals surface area contributed by atoms with E-state index in [-0.39, 0.29) is 17.6 Å². The van der Waals surface area contributed by atoms with E-state index >= 15 is 0 Å². The lowest BCUT2D eigenvalue weighted by Gasteiger charge is -2.33. The van der Waals surface area contributed by atoms with Crippen LogP contribution in [-0.4, -0.2) is 52.4 Å². The molecule has 7 nitrogen and oxygen atoms in total. The molecular weight excluding hydrogens is 419 g/mol. The number of rotatable bonds is 7. The second-order valence-corrected chi connectivity index (χ2v) is 8.44. The number of anilines is 3. The number of aromatic nitrogens is 3. The molecule has 8 heteroatoms. The van der Waals surface area contributed by atoms with Crippen molar-refractivity contribution in [2.24, 2.45) is 0 Å². The lowest BCUT2D eigenvalue weighted by Crippen LogP contribution is -2.40. The Bertz CT molecular complexity index is 1090. The lowest BCUT2D eigenvalue weighted by atomic mass is 9.93. The molecule has 0 aliphatic carbocycles. The maximum atomic E-state index is 14.0. The highest BCUT2D eigenvalue weighted by Crippen LogP contribution is 2.29. The molecule has 1 amide bonds. The summed E-state index contributed by atoms with van der Waals surface area (Å²) in [6.45, 7) is 3.82. The predicted octanol–water partition coefficient (Wildman–Crippen LogP) is 4.30. The number of amides is 1. The minimum absolute atomic E-state index is 0.0912. The summed E-state index contributed by atoms with van der Waals surface area (Å²) in [5.41, 5.74) is 3.30. The van der Waals surface area contributed by atoms with Crippen LogP contribution in [0.4, 0.5) is 21.6 Å². The van der Waals surface area contributed by atoms with E-state index in [4.69, 9.17) is 4.98 Å². The molecule has 1 aliphatic heterocycles. The van der Waals surface area contributed by atoms with Gasteiger partial charge in [0, 0.05) is 68.5 Å². The summed E-state index contributed by atoms with van der Waals surface area (Å²) >= 11 is 0. The van der Waals surface area contributed by atoms with Gasteiger partial charge in [-0.15, -0.1) is 0 Å². The number of nitrogens with one attached hydrogen (secondary N) is 1. The number of likely N-dealkylation sites (tertiary alicyclic amines) is 1. The summed E-state index contributed by atoms with van der Waals surface area (Å²) in [4.78, 5) is 29.8. The fourth-order valence-corrected chi connectivity index (χ4v) is 4.24. The van der Waals surface area contributed by atoms with Crippen LogP contribution in [0.3, 0.4) is 0 Å². The van der Waals surface area contributed by atoms with E-state index in [1.807, 2.05) is 31.0 Å². The number of pyridine rings is 1. The first kappa shape index (κ1) is 22.6. The Morgan fingerprint density at radius 2 is 2.12 bits per heavy atom. The van der Waals surface area contributed by atoms with E-state index in [2.05, 4.69) is 15.3 Å². The Balaban J connectivity index is 1.39. The van der Waals surface area contributed by atoms with Crippen molar-refractivity contribution in [1.29, 1.82) is 0 Å². The van der Waals surface area contributed by atoms with Crippen molar-refractivity contribution < 1.29 is 9.18 Å². The second-order valence-electron chi connectivity index (χ2n) is 8.44. The molecule has 172 valence electrons. The Hall–Kier alpha value is -3.55. The SMILES string of the molecule is Cc1cc(Nc2cnccn2)cc(C2CCCN(C(=O)CCN(C)c3ccccc3F)C2)n1. The smallest absolute Gasteiger partial charge is 0.224 e. The Morgan fingerprint density at radius 1 is 1.27 bits per heavy atom. The van der Waals surface area contributed by atoms with Gasteiger partial charge in [0.25, 0.3) is 0 Å². The van der Waals surface area contributed by atoms with Crippen molar-refractivity contribution >= 4 is 23.1 Å². The molecule has 0 bridgehead atoms. The Morgan fingerprint density at radius 3 is 2.91 bits per heavy atom. The molecule has 3 aromatic rings. The number of nitrogens with zero attached hydrogens (tertiary/aromatic N) is 5. The van der Waals surface area contributed by atoms with Crippen LogP contribution in [-0.2, 0) is 4.79 Å². The van der Waals surface area contributed by atoms with Crippen LogP contribution < -0.4 is 10.2 Å². The van der Waals surface area contributed by atoms with Crippen LogP contribution in [0.25, 0.3) is 0 Å². The summed E-state index contributed by atoms with van der Waals surface area (Å²) in [5, 5.41) is 3.28. The first-order chi connectivity index (χ1) is 16.0. The van der Waals surface area contributed by atoms with Crippen molar-refractivity contribution in [1.82, 2.24) is 19.9 Å². The predicted molar refractivity (Wildman–Crippen MR) is 127 cm³/mol. The van der Waals surface area contributed by atoms with Gasteiger partial charge in [0.2, 0.25) is 5.91 Å². The van der Waals surface area contributed by atoms with Crippen LogP contribution in [0.2, 0.25) is 0 Å². The molecule has 1 saturated heterocycles. The number of benzene rings is 1. The third-order valence-electron chi connectivity index (χ3n) is 5.93. The fourth-order valence-electron chi connectivity index (χ4n) is 4.24. The van der Waals surface area contributed by atoms with Crippen molar-refractivity contribution in [2.75, 3.05) is 36.9 Å². The molecule has 33 heavy (non-hydrogen) atoms. The highest BCUT2D eigenvalue weighted by molar-refractivity contribution is 5.77. The summed E-state index contributed by atoms with van der Waals surface area (Å²) in [6, 6.07) is 10.6. The van der Waals surface area contributed by atoms with Crippen molar-refractivity contribution in [2.45, 2.75) is 32.1 Å². The van der Waals surface area contributed by atoms with Crippen molar-refractivity contribution in [3.8, 4) is 0 Å². The number of aryl methyl sites for hydroxylation is 1. The first-order valence-corrected chi connectivity index (χ1v) is 11.2. The number of piperidine rings is 1. The summed E-state index contributed by atoms with van der Waals surface area (Å²) < 4.78 is 14.0. The van der Waals surface area contributed by atoms with Gasteiger partial charge in [-0.1, -0.05) is 12.1 Å². The van der Waals surface area contributed by atoms with Crippen molar-refractivity contribution in [3.05, 3.63) is 72.2 Å². The molecule has 1 atom stereocenters. The van der Waals surface area contributed by atoms with Crippen LogP contribution in [0.5, 0.6) is 0 Å². The fraction of sp³-hybridized carbons (Fsp3) is 0.360. The maximum absolute atomic E-state index is 14.0. The minimum atomic E-state index is -0.276. The van der Waals surface area contributed by atoms with Gasteiger partial charge in [-0.2, -0.15) is 0 Å². The Kier molecular flexibility index (Phi) is 7.12. The van der Waals surface area contributed by atoms with E-state index in [1.54, 1.807) is 41.7 Å². The zero-order valence-corrected chi connectivity index (χ0v) is 19.0. The number of carbonyl (C=O) groups excluding carboxylic acids is 1. The van der Waals surface area contributed by atoms with Gasteiger partial charge in [0.15, 0.2) is 0 Å². The molecule has 0 saturated carbocycles. The minimum Gasteiger partial charge on any atom is -0.372 e. The van der Waals surface area contributed by atoms with E-state index in [9.17, 15) is 9.18 Å². The normalized spacial score (nSPS) is 15.8. The summed E-state index contributed by atoms with van der Waals surface area (Å²) in [5.74, 6) is 0.665. The second kappa shape index (κ2) is 10.4. The maximum Gasteiger partial charge on any atom is 0.224 e. The molecule has 1 aliphatic rings. The lowest BCUT2D eigenvalue weighted by molar-refractivity contribution is -0.132. The van der Waals surface area contributed by atoms with Gasteiger partial charge in [-0.25, -0.2) is 9.37 Å². The number of hydrogen-bond donors (Lipinski definition) is 1. The highest BCUT2D eigenvalue weighted by Gasteiger charge is 2.26. The number of carbonyl (C=O) groups is 1. The molecule has 1 aromatic carbocycles. The van der Waals surface area contributed by atoms with Crippen molar-refractivity contribution in [3.63, 3.8) is 0 Å². The monoisotopic (exact) mass is 448 g/mol. The third kappa shape index (κ3) is 5.83. The summed E-state index contributed by atoms with van der Waals surface area (Å²) in [6.07, 6.45) is 7.22. The van der Waals surface area contributed by atoms with E-state index < -0.39 is 0 Å². The zero-order chi connectivity index (χ0) is 23.2. The van der Waals surface area contributed by atoms with Crippen LogP contribution >= 0.6 is 0 Å². The molecule has 0 spiro atoms. The molecule has 1 unspecified atom stereocenters. The first-order valence-electron chi connectivity index (χ1n) is 11.2. The van der Waals surface area contributed by atoms with Crippen LogP contribution in [0.15, 0.2) is 55.0 Å². The molecule has 3 heterocycles. The van der Waals surface area contributed by atoms with E-state index in [1.165, 1.54) is 6.07 Å². The summed E-state index contributed by atoms with van der Waals surface area (Å²) in [7, 11) is 1.81. The van der Waals surface area contributed by atoms with Crippen LogP contribution in [0, 0.1) is 12.7 Å². The van der Waals surface area contributed by atoms with Gasteiger partial charge in [-0.05, 0) is 44.0 Å². The number of para-hydroxylation sites is 1. The zero-order valence-electron chi connectivity index (χ0n) is 19.0. The molecule has 2 aromatic heterocycles.